The summed E-state index contributed by atoms with van der Waals surface area (Å²) in [6.07, 6.45) is 7.46. The van der Waals surface area contributed by atoms with Crippen molar-refractivity contribution in [3.8, 4) is 11.5 Å². The van der Waals surface area contributed by atoms with E-state index in [1.807, 2.05) is 35.8 Å². The molecule has 188 valence electrons. The van der Waals surface area contributed by atoms with Crippen molar-refractivity contribution in [2.75, 3.05) is 24.7 Å². The van der Waals surface area contributed by atoms with Crippen molar-refractivity contribution in [3.05, 3.63) is 49.1 Å². The summed E-state index contributed by atoms with van der Waals surface area (Å²) in [6.45, 7) is 4.35. The molecule has 0 aliphatic carbocycles. The summed E-state index contributed by atoms with van der Waals surface area (Å²) < 4.78 is 13.3. The first-order chi connectivity index (χ1) is 17.6. The molecule has 5 rings (SSSR count). The van der Waals surface area contributed by atoms with Crippen molar-refractivity contribution in [2.24, 2.45) is 0 Å². The van der Waals surface area contributed by atoms with Crippen LogP contribution < -0.4 is 9.64 Å². The molecule has 1 aliphatic heterocycles. The van der Waals surface area contributed by atoms with Gasteiger partial charge in [0.1, 0.15) is 24.4 Å². The Bertz CT molecular complexity index is 1350. The lowest BCUT2D eigenvalue weighted by atomic mass is 10.1. The number of unbranched alkanes of at least 4 members (excludes halogenated alkanes) is 1. The number of carbonyl (C=O) groups is 1. The van der Waals surface area contributed by atoms with Crippen molar-refractivity contribution in [2.45, 2.75) is 51.6 Å². The van der Waals surface area contributed by atoms with Crippen LogP contribution in [0.15, 0.2) is 49.1 Å². The zero-order valence-electron chi connectivity index (χ0n) is 20.5. The fourth-order valence-electron chi connectivity index (χ4n) is 4.86. The maximum absolute atomic E-state index is 11.6. The van der Waals surface area contributed by atoms with Gasteiger partial charge in [-0.05, 0) is 56.2 Å². The third-order valence-corrected chi connectivity index (χ3v) is 6.62. The Balaban J connectivity index is 1.28. The van der Waals surface area contributed by atoms with Crippen LogP contribution in [0, 0.1) is 0 Å². The number of aryl methyl sites for hydroxylation is 1. The van der Waals surface area contributed by atoms with Gasteiger partial charge in [-0.25, -0.2) is 15.0 Å². The topological polar surface area (TPSA) is 103 Å². The number of phenolic OH excluding ortho intramolecular Hbond substituents is 1. The highest BCUT2D eigenvalue weighted by atomic mass is 16.5. The largest absolute Gasteiger partial charge is 0.508 e. The standard InChI is InChI=1S/C27H31N5O4/c1-2-35-24(34)10-3-4-13-31-18-30-25-26(31)28-17-29-27(25)32-14-6-8-20(32)16-36-23-9-5-7-19-11-12-21(33)15-22(19)23/h5,7,9,11-12,15,17-18,20,33H,2-4,6,8,10,13-14,16H2,1H3. The van der Waals surface area contributed by atoms with Gasteiger partial charge in [0.2, 0.25) is 0 Å². The number of aromatic nitrogens is 4. The average molecular weight is 490 g/mol. The van der Waals surface area contributed by atoms with E-state index in [1.54, 1.807) is 24.8 Å². The van der Waals surface area contributed by atoms with Gasteiger partial charge in [-0.1, -0.05) is 18.2 Å². The Labute approximate surface area is 209 Å². The van der Waals surface area contributed by atoms with Gasteiger partial charge in [-0.2, -0.15) is 0 Å². The molecule has 0 radical (unpaired) electrons. The maximum atomic E-state index is 11.6. The Morgan fingerprint density at radius 3 is 2.97 bits per heavy atom. The number of carbonyl (C=O) groups excluding carboxylic acids is 1. The van der Waals surface area contributed by atoms with E-state index in [1.165, 1.54) is 0 Å². The molecule has 1 N–H and O–H groups in total. The van der Waals surface area contributed by atoms with E-state index in [0.717, 1.165) is 72.3 Å². The van der Waals surface area contributed by atoms with Gasteiger partial charge in [-0.3, -0.25) is 4.79 Å². The third kappa shape index (κ3) is 5.05. The SMILES string of the molecule is CCOC(=O)CCCCn1cnc2c(N3CCCC3COc3cccc4ccc(O)cc34)ncnc21. The highest BCUT2D eigenvalue weighted by Gasteiger charge is 2.29. The van der Waals surface area contributed by atoms with E-state index >= 15 is 0 Å². The van der Waals surface area contributed by atoms with Crippen LogP contribution in [-0.2, 0) is 16.1 Å². The highest BCUT2D eigenvalue weighted by Crippen LogP contribution is 2.32. The summed E-state index contributed by atoms with van der Waals surface area (Å²) in [5, 5.41) is 11.9. The fraction of sp³-hybridized carbons (Fsp3) is 0.407. The van der Waals surface area contributed by atoms with Crippen LogP contribution in [0.4, 0.5) is 5.82 Å². The zero-order valence-corrected chi connectivity index (χ0v) is 20.5. The molecule has 36 heavy (non-hydrogen) atoms. The molecule has 0 amide bonds. The van der Waals surface area contributed by atoms with Crippen molar-refractivity contribution < 1.29 is 19.4 Å². The molecule has 3 heterocycles. The van der Waals surface area contributed by atoms with E-state index in [0.29, 0.717) is 19.6 Å². The summed E-state index contributed by atoms with van der Waals surface area (Å²) >= 11 is 0. The molecule has 1 saturated heterocycles. The number of phenols is 1. The van der Waals surface area contributed by atoms with Gasteiger partial charge < -0.3 is 24.0 Å². The third-order valence-electron chi connectivity index (χ3n) is 6.62. The molecule has 1 atom stereocenters. The van der Waals surface area contributed by atoms with Gasteiger partial charge in [0.05, 0.1) is 19.0 Å². The number of aromatic hydroxyl groups is 1. The molecule has 4 aromatic rings. The summed E-state index contributed by atoms with van der Waals surface area (Å²) in [7, 11) is 0. The van der Waals surface area contributed by atoms with Crippen LogP contribution in [0.2, 0.25) is 0 Å². The van der Waals surface area contributed by atoms with E-state index < -0.39 is 0 Å². The Kier molecular flexibility index (Phi) is 7.16. The lowest BCUT2D eigenvalue weighted by Crippen LogP contribution is -2.35. The predicted octanol–water partition coefficient (Wildman–Crippen LogP) is 4.47. The average Bonchev–Trinajstić information content (AvgIpc) is 3.52. The van der Waals surface area contributed by atoms with Crippen LogP contribution in [0.25, 0.3) is 21.9 Å². The van der Waals surface area contributed by atoms with Crippen LogP contribution >= 0.6 is 0 Å². The molecule has 2 aromatic heterocycles. The highest BCUT2D eigenvalue weighted by molar-refractivity contribution is 5.89. The van der Waals surface area contributed by atoms with E-state index in [9.17, 15) is 9.90 Å². The lowest BCUT2D eigenvalue weighted by Gasteiger charge is -2.26. The minimum absolute atomic E-state index is 0.153. The molecule has 0 spiro atoms. The van der Waals surface area contributed by atoms with E-state index in [2.05, 4.69) is 19.9 Å². The van der Waals surface area contributed by atoms with Gasteiger partial charge in [-0.15, -0.1) is 0 Å². The van der Waals surface area contributed by atoms with Crippen molar-refractivity contribution >= 4 is 33.7 Å². The summed E-state index contributed by atoms with van der Waals surface area (Å²) in [5.41, 5.74) is 1.58. The van der Waals surface area contributed by atoms with Gasteiger partial charge in [0.25, 0.3) is 0 Å². The van der Waals surface area contributed by atoms with Crippen molar-refractivity contribution in [1.82, 2.24) is 19.5 Å². The Hall–Kier alpha value is -3.88. The number of hydrogen-bond donors (Lipinski definition) is 1. The molecule has 1 fully saturated rings. The van der Waals surface area contributed by atoms with E-state index in [-0.39, 0.29) is 17.8 Å². The smallest absolute Gasteiger partial charge is 0.305 e. The number of fused-ring (bicyclic) bond motifs is 2. The fourth-order valence-corrected chi connectivity index (χ4v) is 4.86. The van der Waals surface area contributed by atoms with Crippen LogP contribution in [0.1, 0.15) is 39.0 Å². The van der Waals surface area contributed by atoms with E-state index in [4.69, 9.17) is 9.47 Å². The number of ether oxygens (including phenoxy) is 2. The molecule has 0 bridgehead atoms. The molecule has 9 heteroatoms. The summed E-state index contributed by atoms with van der Waals surface area (Å²) in [6, 6.07) is 11.4. The first-order valence-corrected chi connectivity index (χ1v) is 12.6. The van der Waals surface area contributed by atoms with Crippen molar-refractivity contribution in [3.63, 3.8) is 0 Å². The number of imidazole rings is 1. The zero-order chi connectivity index (χ0) is 24.9. The molecule has 1 aliphatic rings. The second-order valence-corrected chi connectivity index (χ2v) is 9.03. The van der Waals surface area contributed by atoms with Crippen LogP contribution in [-0.4, -0.2) is 56.4 Å². The number of nitrogens with zero attached hydrogens (tertiary/aromatic N) is 5. The first-order valence-electron chi connectivity index (χ1n) is 12.6. The van der Waals surface area contributed by atoms with Crippen LogP contribution in [0.5, 0.6) is 11.5 Å². The van der Waals surface area contributed by atoms with Crippen LogP contribution in [0.3, 0.4) is 0 Å². The minimum Gasteiger partial charge on any atom is -0.508 e. The number of hydrogen-bond acceptors (Lipinski definition) is 8. The lowest BCUT2D eigenvalue weighted by molar-refractivity contribution is -0.143. The molecular weight excluding hydrogens is 458 g/mol. The summed E-state index contributed by atoms with van der Waals surface area (Å²) in [4.78, 5) is 27.6. The molecule has 2 aromatic carbocycles. The van der Waals surface area contributed by atoms with Gasteiger partial charge in [0, 0.05) is 24.9 Å². The molecule has 9 nitrogen and oxygen atoms in total. The predicted molar refractivity (Wildman–Crippen MR) is 137 cm³/mol. The quantitative estimate of drug-likeness (QED) is 0.257. The molecule has 0 saturated carbocycles. The monoisotopic (exact) mass is 489 g/mol. The molecule has 1 unspecified atom stereocenters. The maximum Gasteiger partial charge on any atom is 0.305 e. The Morgan fingerprint density at radius 2 is 2.08 bits per heavy atom. The number of rotatable bonds is 10. The Morgan fingerprint density at radius 1 is 1.17 bits per heavy atom. The summed E-state index contributed by atoms with van der Waals surface area (Å²) in [5.74, 6) is 1.66. The number of anilines is 1. The number of esters is 1. The second-order valence-electron chi connectivity index (χ2n) is 9.03. The molecular formula is C27H31N5O4. The normalized spacial score (nSPS) is 15.6. The minimum atomic E-state index is -0.153. The second kappa shape index (κ2) is 10.8. The van der Waals surface area contributed by atoms with Gasteiger partial charge in [0.15, 0.2) is 17.0 Å². The first kappa shape index (κ1) is 23.8. The van der Waals surface area contributed by atoms with Gasteiger partial charge >= 0.3 is 5.97 Å². The number of benzene rings is 2. The van der Waals surface area contributed by atoms with Crippen molar-refractivity contribution in [1.29, 1.82) is 0 Å².